The first-order valence-corrected chi connectivity index (χ1v) is 12.0. The summed E-state index contributed by atoms with van der Waals surface area (Å²) in [6, 6.07) is 11.5. The zero-order valence-electron chi connectivity index (χ0n) is 17.9. The highest BCUT2D eigenvalue weighted by Crippen LogP contribution is 2.36. The standard InChI is InChI=1S/C23H20ClN7O2S/c24-20-6-5-19(34-20)23(32)29-15-2-1-7-30(11-15)17-9-16(31-21(17)22(25)26-12-27-31)13-3-4-14-10-28-33-18(14)8-13/h3-6,8-10,12,15H,1-2,7,11H2,(H,29,32)(H2,25,26,27). The second-order valence-electron chi connectivity index (χ2n) is 8.26. The molecule has 3 N–H and O–H groups in total. The van der Waals surface area contributed by atoms with Gasteiger partial charge in [-0.05, 0) is 43.2 Å². The van der Waals surface area contributed by atoms with E-state index < -0.39 is 0 Å². The van der Waals surface area contributed by atoms with Crippen LogP contribution in [0.4, 0.5) is 11.5 Å². The quantitative estimate of drug-likeness (QED) is 0.385. The summed E-state index contributed by atoms with van der Waals surface area (Å²) in [7, 11) is 0. The van der Waals surface area contributed by atoms with Crippen LogP contribution in [-0.2, 0) is 0 Å². The summed E-state index contributed by atoms with van der Waals surface area (Å²) >= 11 is 7.27. The zero-order valence-corrected chi connectivity index (χ0v) is 19.5. The highest BCUT2D eigenvalue weighted by atomic mass is 35.5. The van der Waals surface area contributed by atoms with Gasteiger partial charge < -0.3 is 20.5 Å². The van der Waals surface area contributed by atoms with Gasteiger partial charge in [-0.15, -0.1) is 11.3 Å². The van der Waals surface area contributed by atoms with Crippen molar-refractivity contribution in [3.8, 4) is 11.3 Å². The molecule has 0 radical (unpaired) electrons. The number of thiophene rings is 1. The van der Waals surface area contributed by atoms with Gasteiger partial charge in [-0.1, -0.05) is 22.8 Å². The SMILES string of the molecule is Nc1ncnn2c(-c3ccc4cnoc4c3)cc(N3CCCC(NC(=O)c4ccc(Cl)s4)C3)c12. The number of rotatable bonds is 4. The first-order chi connectivity index (χ1) is 16.6. The normalized spacial score (nSPS) is 16.4. The number of nitrogens with two attached hydrogens (primary N) is 1. The summed E-state index contributed by atoms with van der Waals surface area (Å²) in [6.07, 6.45) is 4.97. The van der Waals surface area contributed by atoms with Crippen molar-refractivity contribution in [1.29, 1.82) is 0 Å². The fraction of sp³-hybridized carbons (Fsp3) is 0.217. The van der Waals surface area contributed by atoms with E-state index >= 15 is 0 Å². The molecule has 1 fully saturated rings. The maximum absolute atomic E-state index is 12.7. The molecule has 5 aromatic rings. The van der Waals surface area contributed by atoms with Crippen LogP contribution >= 0.6 is 22.9 Å². The van der Waals surface area contributed by atoms with E-state index in [2.05, 4.69) is 31.5 Å². The van der Waals surface area contributed by atoms with E-state index in [1.54, 1.807) is 18.3 Å². The minimum Gasteiger partial charge on any atom is -0.382 e. The second kappa shape index (κ2) is 8.30. The average Bonchev–Trinajstić information content (AvgIpc) is 3.57. The number of piperidine rings is 1. The van der Waals surface area contributed by atoms with Crippen molar-refractivity contribution in [3.05, 3.63) is 58.1 Å². The molecule has 0 spiro atoms. The lowest BCUT2D eigenvalue weighted by atomic mass is 10.0. The molecule has 0 bridgehead atoms. The minimum absolute atomic E-state index is 0.00285. The van der Waals surface area contributed by atoms with Crippen LogP contribution in [0.5, 0.6) is 0 Å². The van der Waals surface area contributed by atoms with E-state index in [1.165, 1.54) is 17.7 Å². The van der Waals surface area contributed by atoms with Crippen molar-refractivity contribution in [2.45, 2.75) is 18.9 Å². The molecule has 5 heterocycles. The molecule has 1 atom stereocenters. The molecule has 34 heavy (non-hydrogen) atoms. The van der Waals surface area contributed by atoms with E-state index in [1.807, 2.05) is 22.7 Å². The van der Waals surface area contributed by atoms with Gasteiger partial charge in [0.2, 0.25) is 0 Å². The largest absolute Gasteiger partial charge is 0.382 e. The molecule has 9 nitrogen and oxygen atoms in total. The second-order valence-corrected chi connectivity index (χ2v) is 9.98. The topological polar surface area (TPSA) is 115 Å². The first kappa shape index (κ1) is 20.9. The van der Waals surface area contributed by atoms with Crippen LogP contribution in [0.25, 0.3) is 27.7 Å². The van der Waals surface area contributed by atoms with E-state index in [4.69, 9.17) is 21.9 Å². The summed E-state index contributed by atoms with van der Waals surface area (Å²) in [6.45, 7) is 1.49. The number of amides is 1. The van der Waals surface area contributed by atoms with Crippen LogP contribution in [0, 0.1) is 0 Å². The number of benzene rings is 1. The lowest BCUT2D eigenvalue weighted by Gasteiger charge is -2.34. The molecule has 0 saturated carbocycles. The lowest BCUT2D eigenvalue weighted by Crippen LogP contribution is -2.47. The predicted molar refractivity (Wildman–Crippen MR) is 132 cm³/mol. The molecule has 0 aliphatic carbocycles. The number of carbonyl (C=O) groups is 1. The van der Waals surface area contributed by atoms with Gasteiger partial charge in [-0.3, -0.25) is 4.79 Å². The Bertz CT molecular complexity index is 1520. The molecule has 172 valence electrons. The fourth-order valence-corrected chi connectivity index (χ4v) is 5.47. The number of aromatic nitrogens is 4. The monoisotopic (exact) mass is 493 g/mol. The minimum atomic E-state index is -0.102. The summed E-state index contributed by atoms with van der Waals surface area (Å²) in [5, 5.41) is 12.4. The van der Waals surface area contributed by atoms with Crippen LogP contribution < -0.4 is 16.0 Å². The molecule has 1 saturated heterocycles. The number of nitrogens with one attached hydrogen (secondary N) is 1. The molecular weight excluding hydrogens is 474 g/mol. The summed E-state index contributed by atoms with van der Waals surface area (Å²) in [4.78, 5) is 19.8. The van der Waals surface area contributed by atoms with Crippen LogP contribution in [0.3, 0.4) is 0 Å². The van der Waals surface area contributed by atoms with Crippen LogP contribution in [0.2, 0.25) is 4.34 Å². The fourth-order valence-electron chi connectivity index (χ4n) is 4.52. The molecule has 1 aromatic carbocycles. The van der Waals surface area contributed by atoms with Crippen molar-refractivity contribution in [1.82, 2.24) is 25.1 Å². The van der Waals surface area contributed by atoms with Gasteiger partial charge in [0.25, 0.3) is 5.91 Å². The number of anilines is 2. The van der Waals surface area contributed by atoms with Gasteiger partial charge in [0.05, 0.1) is 26.8 Å². The maximum Gasteiger partial charge on any atom is 0.261 e. The van der Waals surface area contributed by atoms with Crippen molar-refractivity contribution in [3.63, 3.8) is 0 Å². The molecule has 1 aliphatic rings. The van der Waals surface area contributed by atoms with Crippen LogP contribution in [0.1, 0.15) is 22.5 Å². The Kier molecular flexibility index (Phi) is 5.11. The van der Waals surface area contributed by atoms with Crippen LogP contribution in [-0.4, -0.2) is 44.8 Å². The molecule has 4 aromatic heterocycles. The average molecular weight is 494 g/mol. The lowest BCUT2D eigenvalue weighted by molar-refractivity contribution is 0.0937. The summed E-state index contributed by atoms with van der Waals surface area (Å²) < 4.78 is 7.76. The van der Waals surface area contributed by atoms with Crippen molar-refractivity contribution in [2.24, 2.45) is 0 Å². The van der Waals surface area contributed by atoms with Crippen molar-refractivity contribution in [2.75, 3.05) is 23.7 Å². The Labute approximate surface area is 203 Å². The number of nitrogens with zero attached hydrogens (tertiary/aromatic N) is 5. The van der Waals surface area contributed by atoms with E-state index in [-0.39, 0.29) is 11.9 Å². The molecule has 1 amide bonds. The van der Waals surface area contributed by atoms with Gasteiger partial charge in [-0.25, -0.2) is 9.50 Å². The van der Waals surface area contributed by atoms with Gasteiger partial charge in [0, 0.05) is 30.1 Å². The zero-order chi connectivity index (χ0) is 23.2. The Balaban J connectivity index is 1.34. The third-order valence-corrected chi connectivity index (χ3v) is 7.34. The first-order valence-electron chi connectivity index (χ1n) is 10.8. The molecule has 6 rings (SSSR count). The Hall–Kier alpha value is -3.63. The maximum atomic E-state index is 12.7. The highest BCUT2D eigenvalue weighted by Gasteiger charge is 2.26. The third kappa shape index (κ3) is 3.64. The van der Waals surface area contributed by atoms with Crippen molar-refractivity contribution < 1.29 is 9.32 Å². The number of fused-ring (bicyclic) bond motifs is 2. The number of hydrogen-bond acceptors (Lipinski definition) is 8. The molecule has 11 heteroatoms. The van der Waals surface area contributed by atoms with Gasteiger partial charge in [-0.2, -0.15) is 5.10 Å². The van der Waals surface area contributed by atoms with Gasteiger partial charge >= 0.3 is 0 Å². The smallest absolute Gasteiger partial charge is 0.261 e. The Morgan fingerprint density at radius 2 is 2.18 bits per heavy atom. The van der Waals surface area contributed by atoms with E-state index in [0.717, 1.165) is 47.2 Å². The highest BCUT2D eigenvalue weighted by molar-refractivity contribution is 7.18. The Morgan fingerprint density at radius 1 is 1.26 bits per heavy atom. The Morgan fingerprint density at radius 3 is 3.03 bits per heavy atom. The van der Waals surface area contributed by atoms with Crippen LogP contribution in [0.15, 0.2) is 53.4 Å². The van der Waals surface area contributed by atoms with E-state index in [0.29, 0.717) is 27.2 Å². The molecular formula is C23H20ClN7O2S. The van der Waals surface area contributed by atoms with Gasteiger partial charge in [0.15, 0.2) is 11.4 Å². The van der Waals surface area contributed by atoms with Gasteiger partial charge in [0.1, 0.15) is 11.8 Å². The molecule has 1 aliphatic heterocycles. The number of hydrogen-bond donors (Lipinski definition) is 2. The predicted octanol–water partition coefficient (Wildman–Crippen LogP) is 4.23. The van der Waals surface area contributed by atoms with Crippen molar-refractivity contribution >= 4 is 56.8 Å². The number of carbonyl (C=O) groups excluding carboxylic acids is 1. The van der Waals surface area contributed by atoms with E-state index in [9.17, 15) is 4.79 Å². The number of halogens is 1. The molecule has 1 unspecified atom stereocenters. The summed E-state index contributed by atoms with van der Waals surface area (Å²) in [5.41, 5.74) is 10.5. The summed E-state index contributed by atoms with van der Waals surface area (Å²) in [5.74, 6) is 0.297. The third-order valence-electron chi connectivity index (χ3n) is 6.11. The number of nitrogen functional groups attached to an aromatic ring is 1.